The van der Waals surface area contributed by atoms with Gasteiger partial charge in [-0.1, -0.05) is 11.6 Å². The van der Waals surface area contributed by atoms with Crippen molar-refractivity contribution in [2.75, 3.05) is 17.5 Å². The summed E-state index contributed by atoms with van der Waals surface area (Å²) in [7, 11) is -3.52. The molecule has 1 atom stereocenters. The van der Waals surface area contributed by atoms with Gasteiger partial charge in [-0.2, -0.15) is 0 Å². The molecule has 0 unspecified atom stereocenters. The molecular weight excluding hydrogens is 414 g/mol. The monoisotopic (exact) mass is 441 g/mol. The van der Waals surface area contributed by atoms with E-state index in [4.69, 9.17) is 4.98 Å². The molecule has 1 aliphatic heterocycles. The summed E-state index contributed by atoms with van der Waals surface area (Å²) >= 11 is 0. The highest BCUT2D eigenvalue weighted by molar-refractivity contribution is 7.92. The summed E-state index contributed by atoms with van der Waals surface area (Å²) < 4.78 is 26.1. The van der Waals surface area contributed by atoms with Crippen LogP contribution in [0.2, 0.25) is 0 Å². The number of H-pyrrole nitrogens is 1. The van der Waals surface area contributed by atoms with Crippen molar-refractivity contribution < 1.29 is 13.2 Å². The number of carbonyl (C=O) groups is 1. The van der Waals surface area contributed by atoms with E-state index in [-0.39, 0.29) is 11.9 Å². The predicted molar refractivity (Wildman–Crippen MR) is 121 cm³/mol. The molecule has 1 amide bonds. The molecule has 2 aromatic heterocycles. The van der Waals surface area contributed by atoms with Crippen LogP contribution in [0.4, 0.5) is 5.69 Å². The molecule has 0 aliphatic carbocycles. The molecule has 2 N–H and O–H groups in total. The van der Waals surface area contributed by atoms with Gasteiger partial charge in [-0.3, -0.25) is 9.52 Å². The minimum Gasteiger partial charge on any atom is -0.328 e. The smallest absolute Gasteiger partial charge is 0.256 e. The SMILES string of the molecule is Cc1ccc(NS(C)(=O)=O)c(C(=O)N2CCCC[C@H]2c2nc3c(C)cc(C)nc3[nH]2)c1. The van der Waals surface area contributed by atoms with Crippen LogP contribution < -0.4 is 4.72 Å². The molecule has 4 rings (SSSR count). The van der Waals surface area contributed by atoms with Gasteiger partial charge in [-0.25, -0.2) is 18.4 Å². The minimum atomic E-state index is -3.52. The Morgan fingerprint density at radius 2 is 1.94 bits per heavy atom. The van der Waals surface area contributed by atoms with Crippen LogP contribution in [-0.2, 0) is 10.0 Å². The van der Waals surface area contributed by atoms with Crippen LogP contribution in [0.15, 0.2) is 24.3 Å². The van der Waals surface area contributed by atoms with Crippen molar-refractivity contribution in [1.82, 2.24) is 19.9 Å². The van der Waals surface area contributed by atoms with E-state index in [1.165, 1.54) is 0 Å². The number of hydrogen-bond donors (Lipinski definition) is 2. The predicted octanol–water partition coefficient (Wildman–Crippen LogP) is 3.62. The number of carbonyl (C=O) groups excluding carboxylic acids is 1. The first-order valence-corrected chi connectivity index (χ1v) is 12.2. The molecule has 3 heterocycles. The molecule has 8 nitrogen and oxygen atoms in total. The number of nitrogens with zero attached hydrogens (tertiary/aromatic N) is 3. The van der Waals surface area contributed by atoms with Gasteiger partial charge in [0.15, 0.2) is 5.65 Å². The maximum atomic E-state index is 13.6. The highest BCUT2D eigenvalue weighted by Crippen LogP contribution is 2.33. The summed E-state index contributed by atoms with van der Waals surface area (Å²) in [6, 6.07) is 6.93. The molecule has 0 bridgehead atoms. The zero-order valence-corrected chi connectivity index (χ0v) is 19.0. The van der Waals surface area contributed by atoms with Crippen molar-refractivity contribution in [3.05, 3.63) is 52.5 Å². The second kappa shape index (κ2) is 7.96. The average molecular weight is 442 g/mol. The maximum absolute atomic E-state index is 13.6. The van der Waals surface area contributed by atoms with Gasteiger partial charge in [0, 0.05) is 12.2 Å². The van der Waals surface area contributed by atoms with Gasteiger partial charge in [0.05, 0.1) is 23.5 Å². The van der Waals surface area contributed by atoms with E-state index < -0.39 is 10.0 Å². The zero-order chi connectivity index (χ0) is 22.3. The zero-order valence-electron chi connectivity index (χ0n) is 18.2. The number of benzene rings is 1. The van der Waals surface area contributed by atoms with E-state index >= 15 is 0 Å². The average Bonchev–Trinajstić information content (AvgIpc) is 3.12. The summed E-state index contributed by atoms with van der Waals surface area (Å²) in [4.78, 5) is 28.1. The van der Waals surface area contributed by atoms with Crippen LogP contribution in [0.3, 0.4) is 0 Å². The second-order valence-corrected chi connectivity index (χ2v) is 10.1. The lowest BCUT2D eigenvalue weighted by Crippen LogP contribution is -2.39. The van der Waals surface area contributed by atoms with Crippen molar-refractivity contribution in [3.8, 4) is 0 Å². The van der Waals surface area contributed by atoms with Crippen LogP contribution in [0.25, 0.3) is 11.2 Å². The van der Waals surface area contributed by atoms with Gasteiger partial charge in [0.25, 0.3) is 5.91 Å². The highest BCUT2D eigenvalue weighted by Gasteiger charge is 2.32. The number of aryl methyl sites for hydroxylation is 3. The Labute approximate surface area is 182 Å². The molecule has 3 aromatic rings. The van der Waals surface area contributed by atoms with Crippen LogP contribution >= 0.6 is 0 Å². The van der Waals surface area contributed by atoms with Crippen molar-refractivity contribution in [2.45, 2.75) is 46.1 Å². The Bertz CT molecular complexity index is 1270. The lowest BCUT2D eigenvalue weighted by molar-refractivity contribution is 0.0602. The van der Waals surface area contributed by atoms with Gasteiger partial charge < -0.3 is 9.88 Å². The Hall–Kier alpha value is -2.94. The quantitative estimate of drug-likeness (QED) is 0.643. The van der Waals surface area contributed by atoms with Crippen molar-refractivity contribution in [3.63, 3.8) is 0 Å². The highest BCUT2D eigenvalue weighted by atomic mass is 32.2. The summed E-state index contributed by atoms with van der Waals surface area (Å²) in [6.45, 7) is 6.40. The van der Waals surface area contributed by atoms with E-state index in [1.54, 1.807) is 23.1 Å². The normalized spacial score (nSPS) is 17.2. The van der Waals surface area contributed by atoms with E-state index in [9.17, 15) is 13.2 Å². The summed E-state index contributed by atoms with van der Waals surface area (Å²) in [5.74, 6) is 0.510. The minimum absolute atomic E-state index is 0.208. The molecule has 1 saturated heterocycles. The number of anilines is 1. The van der Waals surface area contributed by atoms with E-state index in [0.29, 0.717) is 17.8 Å². The fourth-order valence-electron chi connectivity index (χ4n) is 4.22. The van der Waals surface area contributed by atoms with Crippen molar-refractivity contribution in [2.24, 2.45) is 0 Å². The third kappa shape index (κ3) is 4.41. The number of likely N-dealkylation sites (tertiary alicyclic amines) is 1. The molecule has 1 fully saturated rings. The molecule has 1 aliphatic rings. The first kappa shape index (κ1) is 21.3. The fraction of sp³-hybridized carbons (Fsp3) is 0.409. The number of fused-ring (bicyclic) bond motifs is 1. The third-order valence-corrected chi connectivity index (χ3v) is 6.16. The Kier molecular flexibility index (Phi) is 5.47. The number of piperidine rings is 1. The number of sulfonamides is 1. The Morgan fingerprint density at radius 1 is 1.16 bits per heavy atom. The van der Waals surface area contributed by atoms with Crippen LogP contribution in [0, 0.1) is 20.8 Å². The first-order valence-electron chi connectivity index (χ1n) is 10.4. The first-order chi connectivity index (χ1) is 14.6. The molecular formula is C22H27N5O3S. The summed E-state index contributed by atoms with van der Waals surface area (Å²) in [5.41, 5.74) is 5.01. The van der Waals surface area contributed by atoms with E-state index in [2.05, 4.69) is 14.7 Å². The van der Waals surface area contributed by atoms with Crippen molar-refractivity contribution >= 4 is 32.8 Å². The Balaban J connectivity index is 1.74. The number of aromatic amines is 1. The topological polar surface area (TPSA) is 108 Å². The van der Waals surface area contributed by atoms with Gasteiger partial charge in [-0.05, 0) is 63.8 Å². The largest absolute Gasteiger partial charge is 0.328 e. The Morgan fingerprint density at radius 3 is 2.68 bits per heavy atom. The van der Waals surface area contributed by atoms with Gasteiger partial charge in [-0.15, -0.1) is 0 Å². The molecule has 1 aromatic carbocycles. The molecule has 0 spiro atoms. The number of amides is 1. The molecule has 164 valence electrons. The van der Waals surface area contributed by atoms with Crippen molar-refractivity contribution in [1.29, 1.82) is 0 Å². The maximum Gasteiger partial charge on any atom is 0.256 e. The number of nitrogens with one attached hydrogen (secondary N) is 2. The number of rotatable bonds is 4. The van der Waals surface area contributed by atoms with Crippen LogP contribution in [-0.4, -0.2) is 47.0 Å². The third-order valence-electron chi connectivity index (χ3n) is 5.57. The number of pyridine rings is 1. The van der Waals surface area contributed by atoms with Gasteiger partial charge in [0.2, 0.25) is 10.0 Å². The molecule has 0 radical (unpaired) electrons. The van der Waals surface area contributed by atoms with Crippen LogP contribution in [0.1, 0.15) is 58.3 Å². The fourth-order valence-corrected chi connectivity index (χ4v) is 4.80. The second-order valence-electron chi connectivity index (χ2n) is 8.33. The summed E-state index contributed by atoms with van der Waals surface area (Å²) in [6.07, 6.45) is 3.74. The number of hydrogen-bond acceptors (Lipinski definition) is 5. The molecule has 9 heteroatoms. The lowest BCUT2D eigenvalue weighted by atomic mass is 9.99. The van der Waals surface area contributed by atoms with E-state index in [1.807, 2.05) is 26.8 Å². The lowest BCUT2D eigenvalue weighted by Gasteiger charge is -2.35. The summed E-state index contributed by atoms with van der Waals surface area (Å²) in [5, 5.41) is 0. The number of aromatic nitrogens is 3. The van der Waals surface area contributed by atoms with E-state index in [0.717, 1.165) is 59.3 Å². The van der Waals surface area contributed by atoms with Gasteiger partial charge in [0.1, 0.15) is 11.3 Å². The molecule has 31 heavy (non-hydrogen) atoms. The van der Waals surface area contributed by atoms with Crippen LogP contribution in [0.5, 0.6) is 0 Å². The number of imidazole rings is 1. The van der Waals surface area contributed by atoms with Gasteiger partial charge >= 0.3 is 0 Å². The standard InChI is InChI=1S/C22H27N5O3S/c1-13-8-9-17(26-31(4,29)30)16(11-13)22(28)27-10-6-5-7-18(27)20-24-19-14(2)12-15(3)23-21(19)25-20/h8-9,11-12,18,26H,5-7,10H2,1-4H3,(H,23,24,25)/t18-/m0/s1. The molecule has 0 saturated carbocycles.